The van der Waals surface area contributed by atoms with Gasteiger partial charge in [-0.1, -0.05) is 24.6 Å². The predicted molar refractivity (Wildman–Crippen MR) is 63.7 cm³/mol. The molecule has 0 aliphatic heterocycles. The van der Waals surface area contributed by atoms with E-state index in [9.17, 15) is 0 Å². The number of aryl methyl sites for hydroxylation is 1. The first kappa shape index (κ1) is 10.8. The molecular weight excluding hydrogens is 170 g/mol. The minimum atomic E-state index is 0.973. The Morgan fingerprint density at radius 3 is 2.43 bits per heavy atom. The largest absolute Gasteiger partial charge is 0.385 e. The summed E-state index contributed by atoms with van der Waals surface area (Å²) in [4.78, 5) is 0. The Hall–Kier alpha value is -1.24. The summed E-state index contributed by atoms with van der Waals surface area (Å²) >= 11 is 0. The van der Waals surface area contributed by atoms with Crippen molar-refractivity contribution in [1.82, 2.24) is 0 Å². The summed E-state index contributed by atoms with van der Waals surface area (Å²) in [6.07, 6.45) is 2.14. The third-order valence-corrected chi connectivity index (χ3v) is 2.24. The van der Waals surface area contributed by atoms with Crippen LogP contribution in [0.5, 0.6) is 0 Å². The number of hydrogen-bond donors (Lipinski definition) is 1. The van der Waals surface area contributed by atoms with Crippen LogP contribution in [0.1, 0.15) is 25.8 Å². The molecule has 0 radical (unpaired) electrons. The monoisotopic (exact) mass is 189 g/mol. The Labute approximate surface area is 86.8 Å². The lowest BCUT2D eigenvalue weighted by Gasteiger charge is -2.06. The number of benzene rings is 1. The molecule has 0 saturated carbocycles. The van der Waals surface area contributed by atoms with Gasteiger partial charge < -0.3 is 5.32 Å². The summed E-state index contributed by atoms with van der Waals surface area (Å²) in [6.45, 7) is 9.07. The molecule has 0 spiro atoms. The molecule has 0 amide bonds. The molecule has 0 aromatic heterocycles. The summed E-state index contributed by atoms with van der Waals surface area (Å²) in [7, 11) is 0. The van der Waals surface area contributed by atoms with Crippen molar-refractivity contribution in [3.05, 3.63) is 42.0 Å². The summed E-state index contributed by atoms with van der Waals surface area (Å²) in [5, 5.41) is 3.37. The molecule has 0 atom stereocenters. The van der Waals surface area contributed by atoms with Crippen LogP contribution in [0.25, 0.3) is 0 Å². The zero-order valence-corrected chi connectivity index (χ0v) is 9.14. The maximum absolute atomic E-state index is 3.87. The van der Waals surface area contributed by atoms with E-state index in [1.807, 2.05) is 0 Å². The number of hydrogen-bond acceptors (Lipinski definition) is 1. The maximum atomic E-state index is 3.87. The highest BCUT2D eigenvalue weighted by Crippen LogP contribution is 2.10. The molecule has 1 heteroatoms. The molecule has 1 aromatic rings. The van der Waals surface area contributed by atoms with Crippen LogP contribution in [0.2, 0.25) is 0 Å². The van der Waals surface area contributed by atoms with E-state index in [2.05, 4.69) is 50.0 Å². The molecule has 1 rings (SSSR count). The minimum Gasteiger partial charge on any atom is -0.385 e. The van der Waals surface area contributed by atoms with Gasteiger partial charge in [-0.15, -0.1) is 6.58 Å². The van der Waals surface area contributed by atoms with Gasteiger partial charge in [0.05, 0.1) is 0 Å². The van der Waals surface area contributed by atoms with Crippen molar-refractivity contribution >= 4 is 5.69 Å². The zero-order valence-electron chi connectivity index (χ0n) is 9.14. The molecule has 14 heavy (non-hydrogen) atoms. The third-order valence-electron chi connectivity index (χ3n) is 2.24. The maximum Gasteiger partial charge on any atom is 0.0340 e. The normalized spacial score (nSPS) is 9.86. The van der Waals surface area contributed by atoms with Gasteiger partial charge in [-0.05, 0) is 37.5 Å². The molecule has 1 nitrogen and oxygen atoms in total. The third kappa shape index (κ3) is 3.65. The van der Waals surface area contributed by atoms with Crippen LogP contribution in [0.4, 0.5) is 5.69 Å². The average Bonchev–Trinajstić information content (AvgIpc) is 2.18. The summed E-state index contributed by atoms with van der Waals surface area (Å²) in [5.74, 6) is 0. The van der Waals surface area contributed by atoms with Crippen LogP contribution < -0.4 is 5.32 Å². The van der Waals surface area contributed by atoms with E-state index in [4.69, 9.17) is 0 Å². The quantitative estimate of drug-likeness (QED) is 0.697. The minimum absolute atomic E-state index is 0.973. The molecular formula is C13H19N. The van der Waals surface area contributed by atoms with Crippen LogP contribution >= 0.6 is 0 Å². The van der Waals surface area contributed by atoms with Gasteiger partial charge in [-0.3, -0.25) is 0 Å². The lowest BCUT2D eigenvalue weighted by atomic mass is 10.1. The Morgan fingerprint density at radius 1 is 1.29 bits per heavy atom. The van der Waals surface area contributed by atoms with Crippen LogP contribution in [-0.4, -0.2) is 6.54 Å². The number of rotatable bonds is 5. The summed E-state index contributed by atoms with van der Waals surface area (Å²) in [6, 6.07) is 8.61. The first-order valence-electron chi connectivity index (χ1n) is 5.19. The summed E-state index contributed by atoms with van der Waals surface area (Å²) < 4.78 is 0. The SMILES string of the molecule is C=C(C)CCNc1ccc(CC)cc1. The molecule has 0 heterocycles. The van der Waals surface area contributed by atoms with E-state index in [0.717, 1.165) is 19.4 Å². The van der Waals surface area contributed by atoms with Gasteiger partial charge in [0.25, 0.3) is 0 Å². The van der Waals surface area contributed by atoms with Crippen molar-refractivity contribution in [1.29, 1.82) is 0 Å². The molecule has 0 aliphatic carbocycles. The fraction of sp³-hybridized carbons (Fsp3) is 0.385. The van der Waals surface area contributed by atoms with E-state index in [0.29, 0.717) is 0 Å². The highest BCUT2D eigenvalue weighted by Gasteiger charge is 1.92. The second kappa shape index (κ2) is 5.48. The first-order chi connectivity index (χ1) is 6.72. The fourth-order valence-corrected chi connectivity index (χ4v) is 1.28. The van der Waals surface area contributed by atoms with Crippen molar-refractivity contribution in [2.24, 2.45) is 0 Å². The molecule has 0 unspecified atom stereocenters. The Balaban J connectivity index is 2.40. The second-order valence-electron chi connectivity index (χ2n) is 3.68. The highest BCUT2D eigenvalue weighted by atomic mass is 14.9. The Morgan fingerprint density at radius 2 is 1.93 bits per heavy atom. The van der Waals surface area contributed by atoms with E-state index < -0.39 is 0 Å². The van der Waals surface area contributed by atoms with Gasteiger partial charge in [0, 0.05) is 12.2 Å². The Kier molecular flexibility index (Phi) is 4.24. The topological polar surface area (TPSA) is 12.0 Å². The second-order valence-corrected chi connectivity index (χ2v) is 3.68. The predicted octanol–water partition coefficient (Wildman–Crippen LogP) is 3.63. The first-order valence-corrected chi connectivity index (χ1v) is 5.19. The van der Waals surface area contributed by atoms with Crippen LogP contribution in [-0.2, 0) is 6.42 Å². The van der Waals surface area contributed by atoms with Gasteiger partial charge in [0.2, 0.25) is 0 Å². The van der Waals surface area contributed by atoms with E-state index >= 15 is 0 Å². The van der Waals surface area contributed by atoms with Crippen LogP contribution in [0.3, 0.4) is 0 Å². The highest BCUT2D eigenvalue weighted by molar-refractivity contribution is 5.44. The van der Waals surface area contributed by atoms with Gasteiger partial charge >= 0.3 is 0 Å². The average molecular weight is 189 g/mol. The van der Waals surface area contributed by atoms with Crippen molar-refractivity contribution < 1.29 is 0 Å². The summed E-state index contributed by atoms with van der Waals surface area (Å²) in [5.41, 5.74) is 3.81. The molecule has 0 saturated heterocycles. The van der Waals surface area contributed by atoms with Crippen molar-refractivity contribution in [2.45, 2.75) is 26.7 Å². The molecule has 76 valence electrons. The molecule has 0 fully saturated rings. The Bertz CT molecular complexity index is 285. The van der Waals surface area contributed by atoms with Crippen LogP contribution in [0.15, 0.2) is 36.4 Å². The van der Waals surface area contributed by atoms with Gasteiger partial charge in [-0.25, -0.2) is 0 Å². The molecule has 1 aromatic carbocycles. The van der Waals surface area contributed by atoms with E-state index in [1.165, 1.54) is 16.8 Å². The van der Waals surface area contributed by atoms with Gasteiger partial charge in [0.1, 0.15) is 0 Å². The lowest BCUT2D eigenvalue weighted by molar-refractivity contribution is 1.00. The molecule has 0 aliphatic rings. The van der Waals surface area contributed by atoms with E-state index in [1.54, 1.807) is 0 Å². The smallest absolute Gasteiger partial charge is 0.0340 e. The van der Waals surface area contributed by atoms with Crippen LogP contribution in [0, 0.1) is 0 Å². The molecule has 1 N–H and O–H groups in total. The molecule has 0 bridgehead atoms. The number of nitrogens with one attached hydrogen (secondary N) is 1. The lowest BCUT2D eigenvalue weighted by Crippen LogP contribution is -2.01. The van der Waals surface area contributed by atoms with E-state index in [-0.39, 0.29) is 0 Å². The van der Waals surface area contributed by atoms with Crippen molar-refractivity contribution in [2.75, 3.05) is 11.9 Å². The fourth-order valence-electron chi connectivity index (χ4n) is 1.28. The zero-order chi connectivity index (χ0) is 10.4. The number of anilines is 1. The standard InChI is InChI=1S/C13H19N/c1-4-12-5-7-13(8-6-12)14-10-9-11(2)3/h5-8,14H,2,4,9-10H2,1,3H3. The van der Waals surface area contributed by atoms with Gasteiger partial charge in [0.15, 0.2) is 0 Å². The van der Waals surface area contributed by atoms with Crippen molar-refractivity contribution in [3.8, 4) is 0 Å². The van der Waals surface area contributed by atoms with Crippen molar-refractivity contribution in [3.63, 3.8) is 0 Å². The van der Waals surface area contributed by atoms with Gasteiger partial charge in [-0.2, -0.15) is 0 Å².